The number of pyridine rings is 1. The van der Waals surface area contributed by atoms with E-state index in [0.29, 0.717) is 0 Å². The maximum Gasteiger partial charge on any atom is 0.146 e. The van der Waals surface area contributed by atoms with Gasteiger partial charge in [-0.05, 0) is 55.8 Å². The third-order valence-corrected chi connectivity index (χ3v) is 2.58. The van der Waals surface area contributed by atoms with Gasteiger partial charge in [0.1, 0.15) is 11.5 Å². The van der Waals surface area contributed by atoms with Gasteiger partial charge >= 0.3 is 0 Å². The summed E-state index contributed by atoms with van der Waals surface area (Å²) in [6, 6.07) is 8.18. The van der Waals surface area contributed by atoms with Crippen LogP contribution in [-0.4, -0.2) is 12.0 Å². The number of aromatic nitrogens is 1. The van der Waals surface area contributed by atoms with Crippen LogP contribution >= 0.6 is 0 Å². The monoisotopic (exact) mass is 242 g/mol. The van der Waals surface area contributed by atoms with Crippen LogP contribution in [0.3, 0.4) is 0 Å². The number of nitrogens with one attached hydrogen (secondary N) is 1. The number of rotatable bonds is 4. The van der Waals surface area contributed by atoms with Crippen LogP contribution in [0.2, 0.25) is 0 Å². The Bertz CT molecular complexity index is 518. The lowest BCUT2D eigenvalue weighted by molar-refractivity contribution is 0.478. The summed E-state index contributed by atoms with van der Waals surface area (Å²) in [6.07, 6.45) is 3.57. The van der Waals surface area contributed by atoms with Crippen LogP contribution < -0.4 is 10.1 Å². The van der Waals surface area contributed by atoms with Gasteiger partial charge in [0.2, 0.25) is 0 Å². The summed E-state index contributed by atoms with van der Waals surface area (Å²) >= 11 is 0. The lowest BCUT2D eigenvalue weighted by atomic mass is 10.1. The van der Waals surface area contributed by atoms with Crippen LogP contribution in [0, 0.1) is 13.8 Å². The van der Waals surface area contributed by atoms with Gasteiger partial charge in [0, 0.05) is 12.7 Å². The molecule has 1 heterocycles. The van der Waals surface area contributed by atoms with Crippen molar-refractivity contribution in [3.05, 3.63) is 53.3 Å². The Kier molecular flexibility index (Phi) is 3.95. The zero-order chi connectivity index (χ0) is 13.0. The molecule has 0 aliphatic carbocycles. The first-order chi connectivity index (χ1) is 8.67. The molecule has 0 aliphatic rings. The predicted molar refractivity (Wildman–Crippen MR) is 73.0 cm³/mol. The van der Waals surface area contributed by atoms with Crippen molar-refractivity contribution in [1.82, 2.24) is 10.3 Å². The van der Waals surface area contributed by atoms with E-state index in [1.165, 1.54) is 11.1 Å². The van der Waals surface area contributed by atoms with Crippen molar-refractivity contribution < 1.29 is 4.74 Å². The van der Waals surface area contributed by atoms with Gasteiger partial charge in [-0.1, -0.05) is 6.07 Å². The predicted octanol–water partition coefficient (Wildman–Crippen LogP) is 3.21. The SMILES string of the molecule is CNCc1cncc(Oc2cc(C)cc(C)c2)c1. The molecule has 0 saturated heterocycles. The molecule has 1 aromatic heterocycles. The first-order valence-electron chi connectivity index (χ1n) is 6.02. The number of nitrogens with zero attached hydrogens (tertiary/aromatic N) is 1. The molecule has 2 rings (SSSR count). The summed E-state index contributed by atoms with van der Waals surface area (Å²) in [4.78, 5) is 4.18. The summed E-state index contributed by atoms with van der Waals surface area (Å²) < 4.78 is 5.84. The normalized spacial score (nSPS) is 10.4. The van der Waals surface area contributed by atoms with Gasteiger partial charge in [0.25, 0.3) is 0 Å². The second-order valence-electron chi connectivity index (χ2n) is 4.48. The number of hydrogen-bond acceptors (Lipinski definition) is 3. The van der Waals surface area contributed by atoms with Crippen LogP contribution in [-0.2, 0) is 6.54 Å². The molecule has 0 radical (unpaired) electrons. The first kappa shape index (κ1) is 12.6. The van der Waals surface area contributed by atoms with Crippen LogP contribution in [0.1, 0.15) is 16.7 Å². The molecule has 18 heavy (non-hydrogen) atoms. The number of aryl methyl sites for hydroxylation is 2. The van der Waals surface area contributed by atoms with Crippen molar-refractivity contribution in [2.75, 3.05) is 7.05 Å². The van der Waals surface area contributed by atoms with Gasteiger partial charge in [-0.2, -0.15) is 0 Å². The lowest BCUT2D eigenvalue weighted by Crippen LogP contribution is -2.05. The minimum absolute atomic E-state index is 0.771. The molecule has 3 nitrogen and oxygen atoms in total. The highest BCUT2D eigenvalue weighted by Crippen LogP contribution is 2.23. The zero-order valence-corrected chi connectivity index (χ0v) is 11.0. The average Bonchev–Trinajstić information content (AvgIpc) is 2.28. The van der Waals surface area contributed by atoms with Crippen molar-refractivity contribution in [2.24, 2.45) is 0 Å². The fourth-order valence-electron chi connectivity index (χ4n) is 1.95. The Labute approximate surface area is 108 Å². The molecule has 0 saturated carbocycles. The van der Waals surface area contributed by atoms with Gasteiger partial charge < -0.3 is 10.1 Å². The summed E-state index contributed by atoms with van der Waals surface area (Å²) in [5.74, 6) is 1.63. The Morgan fingerprint density at radius 1 is 1.00 bits per heavy atom. The van der Waals surface area contributed by atoms with Crippen molar-refractivity contribution >= 4 is 0 Å². The first-order valence-corrected chi connectivity index (χ1v) is 6.02. The van der Waals surface area contributed by atoms with E-state index in [2.05, 4.69) is 30.2 Å². The molecule has 0 spiro atoms. The van der Waals surface area contributed by atoms with Crippen molar-refractivity contribution in [1.29, 1.82) is 0 Å². The van der Waals surface area contributed by atoms with E-state index in [1.807, 2.05) is 31.4 Å². The topological polar surface area (TPSA) is 34.2 Å². The molecule has 0 unspecified atom stereocenters. The van der Waals surface area contributed by atoms with Gasteiger partial charge in [-0.25, -0.2) is 0 Å². The standard InChI is InChI=1S/C15H18N2O/c1-11-4-12(2)6-14(5-11)18-15-7-13(8-16-3)9-17-10-15/h4-7,9-10,16H,8H2,1-3H3. The third-order valence-electron chi connectivity index (χ3n) is 2.58. The molecule has 1 N–H and O–H groups in total. The Balaban J connectivity index is 2.20. The minimum Gasteiger partial charge on any atom is -0.456 e. The molecule has 2 aromatic rings. The van der Waals surface area contributed by atoms with Gasteiger partial charge in [-0.3, -0.25) is 4.98 Å². The Morgan fingerprint density at radius 2 is 1.72 bits per heavy atom. The quantitative estimate of drug-likeness (QED) is 0.894. The van der Waals surface area contributed by atoms with Gasteiger partial charge in [0.05, 0.1) is 6.20 Å². The minimum atomic E-state index is 0.771. The number of hydrogen-bond donors (Lipinski definition) is 1. The highest BCUT2D eigenvalue weighted by Gasteiger charge is 2.01. The Hall–Kier alpha value is -1.87. The molecule has 94 valence electrons. The van der Waals surface area contributed by atoms with Gasteiger partial charge in [-0.15, -0.1) is 0 Å². The molecule has 1 aromatic carbocycles. The molecule has 0 aliphatic heterocycles. The van der Waals surface area contributed by atoms with E-state index in [-0.39, 0.29) is 0 Å². The largest absolute Gasteiger partial charge is 0.456 e. The fourth-order valence-corrected chi connectivity index (χ4v) is 1.95. The highest BCUT2D eigenvalue weighted by atomic mass is 16.5. The zero-order valence-electron chi connectivity index (χ0n) is 11.0. The van der Waals surface area contributed by atoms with Crippen molar-refractivity contribution in [2.45, 2.75) is 20.4 Å². The van der Waals surface area contributed by atoms with Gasteiger partial charge in [0.15, 0.2) is 0 Å². The number of benzene rings is 1. The summed E-state index contributed by atoms with van der Waals surface area (Å²) in [6.45, 7) is 4.92. The number of ether oxygens (including phenoxy) is 1. The molecule has 3 heteroatoms. The van der Waals surface area contributed by atoms with E-state index in [0.717, 1.165) is 23.6 Å². The third kappa shape index (κ3) is 3.31. The van der Waals surface area contributed by atoms with E-state index in [9.17, 15) is 0 Å². The maximum atomic E-state index is 5.84. The average molecular weight is 242 g/mol. The van der Waals surface area contributed by atoms with E-state index in [1.54, 1.807) is 6.20 Å². The maximum absolute atomic E-state index is 5.84. The summed E-state index contributed by atoms with van der Waals surface area (Å²) in [5, 5.41) is 3.10. The smallest absolute Gasteiger partial charge is 0.146 e. The second-order valence-corrected chi connectivity index (χ2v) is 4.48. The highest BCUT2D eigenvalue weighted by molar-refractivity contribution is 5.36. The molecule has 0 amide bonds. The van der Waals surface area contributed by atoms with Crippen molar-refractivity contribution in [3.8, 4) is 11.5 Å². The van der Waals surface area contributed by atoms with E-state index < -0.39 is 0 Å². The van der Waals surface area contributed by atoms with Crippen LogP contribution in [0.5, 0.6) is 11.5 Å². The van der Waals surface area contributed by atoms with E-state index >= 15 is 0 Å². The summed E-state index contributed by atoms with van der Waals surface area (Å²) in [5.41, 5.74) is 3.51. The molecule has 0 bridgehead atoms. The fraction of sp³-hybridized carbons (Fsp3) is 0.267. The second kappa shape index (κ2) is 5.65. The molecule has 0 fully saturated rings. The summed E-state index contributed by atoms with van der Waals surface area (Å²) in [7, 11) is 1.91. The molecule has 0 atom stereocenters. The van der Waals surface area contributed by atoms with Crippen molar-refractivity contribution in [3.63, 3.8) is 0 Å². The van der Waals surface area contributed by atoms with Crippen LogP contribution in [0.15, 0.2) is 36.7 Å². The Morgan fingerprint density at radius 3 is 2.39 bits per heavy atom. The van der Waals surface area contributed by atoms with Crippen LogP contribution in [0.25, 0.3) is 0 Å². The molecular weight excluding hydrogens is 224 g/mol. The lowest BCUT2D eigenvalue weighted by Gasteiger charge is -2.08. The van der Waals surface area contributed by atoms with Crippen LogP contribution in [0.4, 0.5) is 0 Å². The van der Waals surface area contributed by atoms with E-state index in [4.69, 9.17) is 4.74 Å². The molecular formula is C15H18N2O.